The molecule has 2 aromatic carbocycles. The van der Waals surface area contributed by atoms with Gasteiger partial charge in [0.15, 0.2) is 0 Å². The van der Waals surface area contributed by atoms with Crippen molar-refractivity contribution >= 4 is 23.3 Å². The summed E-state index contributed by atoms with van der Waals surface area (Å²) in [5.41, 5.74) is 1.74. The highest BCUT2D eigenvalue weighted by molar-refractivity contribution is 6.04. The summed E-state index contributed by atoms with van der Waals surface area (Å²) in [7, 11) is 0. The number of nitrogens with one attached hydrogen (secondary N) is 3. The smallest absolute Gasteiger partial charge is 0.319 e. The van der Waals surface area contributed by atoms with Crippen LogP contribution in [0.3, 0.4) is 0 Å². The first-order chi connectivity index (χ1) is 12.1. The summed E-state index contributed by atoms with van der Waals surface area (Å²) < 4.78 is 5.41. The van der Waals surface area contributed by atoms with Crippen LogP contribution in [-0.2, 0) is 0 Å². The molecule has 130 valence electrons. The Labute approximate surface area is 146 Å². The van der Waals surface area contributed by atoms with Crippen molar-refractivity contribution in [2.75, 3.05) is 17.2 Å². The number of benzene rings is 2. The van der Waals surface area contributed by atoms with E-state index in [4.69, 9.17) is 4.74 Å². The SMILES string of the molecule is CCOc1cccc(C(=O)Nc2cccc(NC(=O)NC3CC3)c2)c1. The van der Waals surface area contributed by atoms with Gasteiger partial charge in [-0.15, -0.1) is 0 Å². The van der Waals surface area contributed by atoms with Gasteiger partial charge in [-0.3, -0.25) is 4.79 Å². The lowest BCUT2D eigenvalue weighted by atomic mass is 10.2. The Morgan fingerprint density at radius 2 is 1.76 bits per heavy atom. The fourth-order valence-electron chi connectivity index (χ4n) is 2.35. The third-order valence-corrected chi connectivity index (χ3v) is 3.70. The number of hydrogen-bond acceptors (Lipinski definition) is 3. The van der Waals surface area contributed by atoms with Crippen molar-refractivity contribution in [1.82, 2.24) is 5.32 Å². The van der Waals surface area contributed by atoms with E-state index in [1.807, 2.05) is 13.0 Å². The highest BCUT2D eigenvalue weighted by Crippen LogP contribution is 2.20. The van der Waals surface area contributed by atoms with Gasteiger partial charge in [-0.2, -0.15) is 0 Å². The largest absolute Gasteiger partial charge is 0.494 e. The molecule has 6 nitrogen and oxygen atoms in total. The summed E-state index contributed by atoms with van der Waals surface area (Å²) in [5, 5.41) is 8.45. The predicted octanol–water partition coefficient (Wildman–Crippen LogP) is 3.62. The highest BCUT2D eigenvalue weighted by atomic mass is 16.5. The number of hydrogen-bond donors (Lipinski definition) is 3. The number of anilines is 2. The van der Waals surface area contributed by atoms with E-state index in [9.17, 15) is 9.59 Å². The maximum atomic E-state index is 12.4. The maximum absolute atomic E-state index is 12.4. The van der Waals surface area contributed by atoms with Gasteiger partial charge >= 0.3 is 6.03 Å². The molecule has 0 bridgehead atoms. The van der Waals surface area contributed by atoms with Gasteiger partial charge in [-0.25, -0.2) is 4.79 Å². The minimum absolute atomic E-state index is 0.226. The maximum Gasteiger partial charge on any atom is 0.319 e. The molecule has 3 rings (SSSR count). The third kappa shape index (κ3) is 4.97. The zero-order valence-corrected chi connectivity index (χ0v) is 14.0. The Balaban J connectivity index is 1.63. The fourth-order valence-corrected chi connectivity index (χ4v) is 2.35. The Kier molecular flexibility index (Phi) is 5.18. The molecule has 0 spiro atoms. The van der Waals surface area contributed by atoms with Crippen molar-refractivity contribution in [2.45, 2.75) is 25.8 Å². The number of ether oxygens (including phenoxy) is 1. The molecule has 0 radical (unpaired) electrons. The highest BCUT2D eigenvalue weighted by Gasteiger charge is 2.23. The lowest BCUT2D eigenvalue weighted by molar-refractivity contribution is 0.102. The lowest BCUT2D eigenvalue weighted by Crippen LogP contribution is -2.30. The van der Waals surface area contributed by atoms with Gasteiger partial charge in [0.25, 0.3) is 5.91 Å². The average Bonchev–Trinajstić information content (AvgIpc) is 3.39. The molecule has 0 heterocycles. The molecule has 1 fully saturated rings. The average molecular weight is 339 g/mol. The van der Waals surface area contributed by atoms with Crippen LogP contribution in [0.15, 0.2) is 48.5 Å². The molecule has 0 atom stereocenters. The number of rotatable bonds is 6. The van der Waals surface area contributed by atoms with Gasteiger partial charge in [-0.05, 0) is 56.2 Å². The second-order valence-corrected chi connectivity index (χ2v) is 5.87. The Bertz CT molecular complexity index is 772. The molecule has 1 saturated carbocycles. The van der Waals surface area contributed by atoms with E-state index >= 15 is 0 Å². The van der Waals surface area contributed by atoms with Gasteiger partial charge < -0.3 is 20.7 Å². The molecule has 0 saturated heterocycles. The van der Waals surface area contributed by atoms with Crippen LogP contribution in [0.25, 0.3) is 0 Å². The van der Waals surface area contributed by atoms with Crippen molar-refractivity contribution in [3.63, 3.8) is 0 Å². The van der Waals surface area contributed by atoms with Gasteiger partial charge in [0.05, 0.1) is 6.61 Å². The van der Waals surface area contributed by atoms with Crippen LogP contribution in [0.5, 0.6) is 5.75 Å². The zero-order valence-electron chi connectivity index (χ0n) is 14.0. The van der Waals surface area contributed by atoms with Crippen LogP contribution < -0.4 is 20.7 Å². The van der Waals surface area contributed by atoms with Gasteiger partial charge in [0.2, 0.25) is 0 Å². The number of carbonyl (C=O) groups is 2. The Morgan fingerprint density at radius 1 is 1.04 bits per heavy atom. The van der Waals surface area contributed by atoms with E-state index in [0.717, 1.165) is 12.8 Å². The molecule has 3 N–H and O–H groups in total. The molecule has 1 aliphatic rings. The fraction of sp³-hybridized carbons (Fsp3) is 0.263. The standard InChI is InChI=1S/C19H21N3O3/c1-2-25-17-8-3-5-13(11-17)18(23)20-15-6-4-7-16(12-15)22-19(24)21-14-9-10-14/h3-8,11-12,14H,2,9-10H2,1H3,(H,20,23)(H2,21,22,24). The summed E-state index contributed by atoms with van der Waals surface area (Å²) >= 11 is 0. The normalized spacial score (nSPS) is 13.0. The molecular formula is C19H21N3O3. The molecular weight excluding hydrogens is 318 g/mol. The van der Waals surface area contributed by atoms with E-state index in [1.54, 1.807) is 42.5 Å². The molecule has 0 aromatic heterocycles. The van der Waals surface area contributed by atoms with E-state index in [0.29, 0.717) is 35.3 Å². The van der Waals surface area contributed by atoms with Crippen LogP contribution in [-0.4, -0.2) is 24.6 Å². The molecule has 3 amide bonds. The van der Waals surface area contributed by atoms with Crippen molar-refractivity contribution < 1.29 is 14.3 Å². The van der Waals surface area contributed by atoms with E-state index in [-0.39, 0.29) is 11.9 Å². The second-order valence-electron chi connectivity index (χ2n) is 5.87. The Hall–Kier alpha value is -3.02. The van der Waals surface area contributed by atoms with Crippen LogP contribution in [0.4, 0.5) is 16.2 Å². The molecule has 0 unspecified atom stereocenters. The number of urea groups is 1. The predicted molar refractivity (Wildman–Crippen MR) is 97.2 cm³/mol. The first-order valence-corrected chi connectivity index (χ1v) is 8.36. The number of amides is 3. The molecule has 1 aliphatic carbocycles. The van der Waals surface area contributed by atoms with E-state index in [2.05, 4.69) is 16.0 Å². The zero-order chi connectivity index (χ0) is 17.6. The van der Waals surface area contributed by atoms with Crippen molar-refractivity contribution in [1.29, 1.82) is 0 Å². The minimum Gasteiger partial charge on any atom is -0.494 e. The molecule has 0 aliphatic heterocycles. The van der Waals surface area contributed by atoms with Gasteiger partial charge in [-0.1, -0.05) is 12.1 Å². The molecule has 6 heteroatoms. The van der Waals surface area contributed by atoms with Crippen molar-refractivity contribution in [3.05, 3.63) is 54.1 Å². The third-order valence-electron chi connectivity index (χ3n) is 3.70. The van der Waals surface area contributed by atoms with Crippen molar-refractivity contribution in [3.8, 4) is 5.75 Å². The van der Waals surface area contributed by atoms with Crippen LogP contribution in [0, 0.1) is 0 Å². The monoisotopic (exact) mass is 339 g/mol. The topological polar surface area (TPSA) is 79.5 Å². The summed E-state index contributed by atoms with van der Waals surface area (Å²) in [6.07, 6.45) is 2.06. The summed E-state index contributed by atoms with van der Waals surface area (Å²) in [4.78, 5) is 24.2. The lowest BCUT2D eigenvalue weighted by Gasteiger charge is -2.10. The minimum atomic E-state index is -0.235. The van der Waals surface area contributed by atoms with Crippen molar-refractivity contribution in [2.24, 2.45) is 0 Å². The Morgan fingerprint density at radius 3 is 2.48 bits per heavy atom. The molecule has 25 heavy (non-hydrogen) atoms. The van der Waals surface area contributed by atoms with Gasteiger partial charge in [0, 0.05) is 23.0 Å². The second kappa shape index (κ2) is 7.70. The van der Waals surface area contributed by atoms with Crippen LogP contribution >= 0.6 is 0 Å². The molecule has 2 aromatic rings. The van der Waals surface area contributed by atoms with Crippen LogP contribution in [0.2, 0.25) is 0 Å². The number of carbonyl (C=O) groups excluding carboxylic acids is 2. The quantitative estimate of drug-likeness (QED) is 0.752. The summed E-state index contributed by atoms with van der Waals surface area (Å²) in [6.45, 7) is 2.44. The first kappa shape index (κ1) is 16.8. The van der Waals surface area contributed by atoms with E-state index < -0.39 is 0 Å². The summed E-state index contributed by atoms with van der Waals surface area (Å²) in [6, 6.07) is 14.1. The first-order valence-electron chi connectivity index (χ1n) is 8.36. The van der Waals surface area contributed by atoms with Crippen LogP contribution in [0.1, 0.15) is 30.1 Å². The van der Waals surface area contributed by atoms with E-state index in [1.165, 1.54) is 0 Å². The van der Waals surface area contributed by atoms with Gasteiger partial charge in [0.1, 0.15) is 5.75 Å². The summed E-state index contributed by atoms with van der Waals surface area (Å²) in [5.74, 6) is 0.420.